The van der Waals surface area contributed by atoms with Crippen LogP contribution in [0, 0.1) is 6.92 Å². The second-order valence-corrected chi connectivity index (χ2v) is 3.69. The fourth-order valence-electron chi connectivity index (χ4n) is 1.06. The van der Waals surface area contributed by atoms with E-state index in [0.717, 1.165) is 5.44 Å². The molecule has 0 aliphatic rings. The summed E-state index contributed by atoms with van der Waals surface area (Å²) < 4.78 is 0. The van der Waals surface area contributed by atoms with Crippen LogP contribution in [0.2, 0.25) is 0 Å². The number of pyridine rings is 1. The fourth-order valence-corrected chi connectivity index (χ4v) is 1.56. The first-order chi connectivity index (χ1) is 5.11. The Labute approximate surface area is 70.4 Å². The van der Waals surface area contributed by atoms with Gasteiger partial charge in [-0.3, -0.25) is 4.98 Å². The molecule has 0 spiro atoms. The van der Waals surface area contributed by atoms with Crippen molar-refractivity contribution in [2.24, 2.45) is 0 Å². The summed E-state index contributed by atoms with van der Waals surface area (Å²) in [5.41, 5.74) is 3.64. The van der Waals surface area contributed by atoms with Crippen LogP contribution < -0.4 is 5.44 Å². The van der Waals surface area contributed by atoms with Gasteiger partial charge < -0.3 is 0 Å². The fraction of sp³-hybridized carbons (Fsp3) is 0.444. The zero-order valence-electron chi connectivity index (χ0n) is 7.26. The number of aryl methyl sites for hydroxylation is 1. The highest BCUT2D eigenvalue weighted by Gasteiger charge is 2.03. The molecule has 0 bridgehead atoms. The lowest BCUT2D eigenvalue weighted by Crippen LogP contribution is -2.07. The number of nitrogens with zero attached hydrogens (tertiary/aromatic N) is 1. The minimum atomic E-state index is 0.565. The van der Waals surface area contributed by atoms with Gasteiger partial charge in [-0.1, -0.05) is 29.2 Å². The summed E-state index contributed by atoms with van der Waals surface area (Å²) in [6.07, 6.45) is 1.90. The van der Waals surface area contributed by atoms with Crippen LogP contribution in [0.25, 0.3) is 0 Å². The van der Waals surface area contributed by atoms with E-state index >= 15 is 0 Å². The molecule has 2 heteroatoms. The lowest BCUT2D eigenvalue weighted by molar-refractivity contribution is 0.866. The van der Waals surface area contributed by atoms with Gasteiger partial charge in [0.2, 0.25) is 0 Å². The summed E-state index contributed by atoms with van der Waals surface area (Å²) in [5, 5.41) is 0. The maximum Gasteiger partial charge on any atom is 0.0603 e. The second-order valence-electron chi connectivity index (χ2n) is 3.14. The summed E-state index contributed by atoms with van der Waals surface area (Å²) in [7, 11) is 2.67. The van der Waals surface area contributed by atoms with Crippen LogP contribution >= 0.6 is 9.24 Å². The molecule has 1 nitrogen and oxygen atoms in total. The van der Waals surface area contributed by atoms with E-state index < -0.39 is 0 Å². The molecule has 0 saturated heterocycles. The van der Waals surface area contributed by atoms with Crippen molar-refractivity contribution < 1.29 is 0 Å². The first-order valence-electron chi connectivity index (χ1n) is 3.83. The molecule has 1 aromatic rings. The van der Waals surface area contributed by atoms with Crippen molar-refractivity contribution in [3.63, 3.8) is 0 Å². The maximum absolute atomic E-state index is 4.26. The van der Waals surface area contributed by atoms with Crippen molar-refractivity contribution in [1.82, 2.24) is 4.98 Å². The highest BCUT2D eigenvalue weighted by Crippen LogP contribution is 2.13. The van der Waals surface area contributed by atoms with Crippen molar-refractivity contribution in [1.29, 1.82) is 0 Å². The molecule has 1 aromatic heterocycles. The Bertz CT molecular complexity index is 256. The van der Waals surface area contributed by atoms with E-state index in [1.165, 1.54) is 11.1 Å². The van der Waals surface area contributed by atoms with Gasteiger partial charge in [-0.25, -0.2) is 0 Å². The quantitative estimate of drug-likeness (QED) is 0.583. The highest BCUT2D eigenvalue weighted by molar-refractivity contribution is 7.27. The molecule has 0 radical (unpaired) electrons. The first kappa shape index (κ1) is 8.67. The Morgan fingerprint density at radius 2 is 2.09 bits per heavy atom. The molecular formula is C9H14NP. The SMILES string of the molecule is Cc1cnc(P)c(C(C)C)c1. The molecule has 0 aromatic carbocycles. The van der Waals surface area contributed by atoms with Crippen LogP contribution in [0.15, 0.2) is 12.3 Å². The third kappa shape index (κ3) is 2.00. The van der Waals surface area contributed by atoms with Crippen molar-refractivity contribution in [2.45, 2.75) is 26.7 Å². The van der Waals surface area contributed by atoms with Crippen LogP contribution in [0.1, 0.15) is 30.9 Å². The van der Waals surface area contributed by atoms with Crippen LogP contribution in [-0.2, 0) is 0 Å². The van der Waals surface area contributed by atoms with Gasteiger partial charge in [0, 0.05) is 6.20 Å². The minimum absolute atomic E-state index is 0.565. The number of hydrogen-bond acceptors (Lipinski definition) is 1. The molecule has 1 heterocycles. The second kappa shape index (κ2) is 3.32. The average Bonchev–Trinajstić information content (AvgIpc) is 1.94. The van der Waals surface area contributed by atoms with E-state index in [1.54, 1.807) is 0 Å². The van der Waals surface area contributed by atoms with E-state index in [2.05, 4.69) is 41.1 Å². The van der Waals surface area contributed by atoms with Gasteiger partial charge in [0.15, 0.2) is 0 Å². The van der Waals surface area contributed by atoms with Gasteiger partial charge in [0.25, 0.3) is 0 Å². The highest BCUT2D eigenvalue weighted by atomic mass is 31.0. The zero-order valence-corrected chi connectivity index (χ0v) is 8.41. The number of rotatable bonds is 1. The molecule has 1 atom stereocenters. The molecule has 11 heavy (non-hydrogen) atoms. The molecule has 1 unspecified atom stereocenters. The summed E-state index contributed by atoms with van der Waals surface area (Å²) in [6.45, 7) is 6.44. The molecular weight excluding hydrogens is 153 g/mol. The minimum Gasteiger partial charge on any atom is -0.257 e. The molecule has 0 aliphatic carbocycles. The van der Waals surface area contributed by atoms with Gasteiger partial charge in [-0.15, -0.1) is 0 Å². The van der Waals surface area contributed by atoms with Gasteiger partial charge in [-0.05, 0) is 24.0 Å². The normalized spacial score (nSPS) is 10.6. The number of aromatic nitrogens is 1. The predicted octanol–water partition coefficient (Wildman–Crippen LogP) is 2.01. The lowest BCUT2D eigenvalue weighted by atomic mass is 10.0. The van der Waals surface area contributed by atoms with Crippen molar-refractivity contribution >= 4 is 14.7 Å². The lowest BCUT2D eigenvalue weighted by Gasteiger charge is -2.08. The average molecular weight is 167 g/mol. The maximum atomic E-state index is 4.26. The van der Waals surface area contributed by atoms with Crippen LogP contribution in [0.5, 0.6) is 0 Å². The third-order valence-electron chi connectivity index (χ3n) is 1.71. The number of hydrogen-bond donors (Lipinski definition) is 0. The summed E-state index contributed by atoms with van der Waals surface area (Å²) in [6, 6.07) is 2.19. The van der Waals surface area contributed by atoms with Crippen LogP contribution in [-0.4, -0.2) is 4.98 Å². The molecule has 0 N–H and O–H groups in total. The van der Waals surface area contributed by atoms with Gasteiger partial charge in [-0.2, -0.15) is 0 Å². The van der Waals surface area contributed by atoms with Gasteiger partial charge >= 0.3 is 0 Å². The largest absolute Gasteiger partial charge is 0.257 e. The Morgan fingerprint density at radius 3 is 2.55 bits per heavy atom. The zero-order chi connectivity index (χ0) is 8.43. The van der Waals surface area contributed by atoms with Crippen molar-refractivity contribution in [3.8, 4) is 0 Å². The molecule has 0 fully saturated rings. The smallest absolute Gasteiger partial charge is 0.0603 e. The molecule has 60 valence electrons. The Kier molecular flexibility index (Phi) is 2.62. The molecule has 0 aliphatic heterocycles. The predicted molar refractivity (Wildman–Crippen MR) is 52.4 cm³/mol. The third-order valence-corrected chi connectivity index (χ3v) is 2.19. The van der Waals surface area contributed by atoms with Crippen molar-refractivity contribution in [2.75, 3.05) is 0 Å². The van der Waals surface area contributed by atoms with Crippen LogP contribution in [0.4, 0.5) is 0 Å². The monoisotopic (exact) mass is 167 g/mol. The van der Waals surface area contributed by atoms with E-state index in [-0.39, 0.29) is 0 Å². The van der Waals surface area contributed by atoms with E-state index in [0.29, 0.717) is 5.92 Å². The topological polar surface area (TPSA) is 12.9 Å². The standard InChI is InChI=1S/C9H14NP/c1-6(2)8-4-7(3)5-10-9(8)11/h4-6H,11H2,1-3H3. The Morgan fingerprint density at radius 1 is 1.45 bits per heavy atom. The summed E-state index contributed by atoms with van der Waals surface area (Å²) in [4.78, 5) is 4.26. The van der Waals surface area contributed by atoms with E-state index in [1.807, 2.05) is 6.20 Å². The summed E-state index contributed by atoms with van der Waals surface area (Å²) in [5.74, 6) is 0.565. The Balaban J connectivity index is 3.13. The first-order valence-corrected chi connectivity index (χ1v) is 4.41. The van der Waals surface area contributed by atoms with Gasteiger partial charge in [0.1, 0.15) is 0 Å². The van der Waals surface area contributed by atoms with E-state index in [9.17, 15) is 0 Å². The molecule has 0 amide bonds. The van der Waals surface area contributed by atoms with E-state index in [4.69, 9.17) is 0 Å². The molecule has 0 saturated carbocycles. The van der Waals surface area contributed by atoms with Crippen molar-refractivity contribution in [3.05, 3.63) is 23.4 Å². The summed E-state index contributed by atoms with van der Waals surface area (Å²) >= 11 is 0. The van der Waals surface area contributed by atoms with Crippen LogP contribution in [0.3, 0.4) is 0 Å². The Hall–Kier alpha value is -0.420. The van der Waals surface area contributed by atoms with Gasteiger partial charge in [0.05, 0.1) is 5.44 Å². The molecule has 1 rings (SSSR count).